The van der Waals surface area contributed by atoms with Crippen LogP contribution >= 0.6 is 0 Å². The Bertz CT molecular complexity index is 376. The molecule has 92 valence electrons. The normalized spacial score (nSPS) is 10.2. The fraction of sp³-hybridized carbons (Fsp3) is 0.467. The van der Waals surface area contributed by atoms with E-state index in [4.69, 9.17) is 0 Å². The van der Waals surface area contributed by atoms with Crippen molar-refractivity contribution in [2.75, 3.05) is 0 Å². The van der Waals surface area contributed by atoms with Gasteiger partial charge in [-0.25, -0.2) is 0 Å². The summed E-state index contributed by atoms with van der Waals surface area (Å²) in [5.41, 5.74) is 1.89. The van der Waals surface area contributed by atoms with E-state index in [2.05, 4.69) is 6.92 Å². The van der Waals surface area contributed by atoms with Crippen molar-refractivity contribution in [2.24, 2.45) is 0 Å². The van der Waals surface area contributed by atoms with Gasteiger partial charge in [-0.1, -0.05) is 44.5 Å². The minimum Gasteiger partial charge on any atom is -0.299 e. The zero-order valence-electron chi connectivity index (χ0n) is 10.7. The molecule has 1 aromatic carbocycles. The molecule has 0 heterocycles. The average Bonchev–Trinajstić information content (AvgIpc) is 2.30. The third-order valence-electron chi connectivity index (χ3n) is 2.70. The highest BCUT2D eigenvalue weighted by Gasteiger charge is 2.10. The largest absolute Gasteiger partial charge is 0.299 e. The molecule has 0 radical (unpaired) electrons. The smallest absolute Gasteiger partial charge is 0.170 e. The molecule has 0 aliphatic carbocycles. The minimum atomic E-state index is -0.0634. The zero-order chi connectivity index (χ0) is 12.7. The van der Waals surface area contributed by atoms with E-state index in [0.29, 0.717) is 12.0 Å². The average molecular weight is 232 g/mol. The Kier molecular flexibility index (Phi) is 5.61. The molecular weight excluding hydrogens is 212 g/mol. The lowest BCUT2D eigenvalue weighted by atomic mass is 10.0. The van der Waals surface area contributed by atoms with Gasteiger partial charge in [0.15, 0.2) is 5.78 Å². The summed E-state index contributed by atoms with van der Waals surface area (Å²) in [5.74, 6) is -0.0263. The van der Waals surface area contributed by atoms with E-state index in [1.807, 2.05) is 31.2 Å². The number of hydrogen-bond acceptors (Lipinski definition) is 2. The highest BCUT2D eigenvalue weighted by Crippen LogP contribution is 2.09. The van der Waals surface area contributed by atoms with Crippen LogP contribution in [0, 0.1) is 0 Å². The first-order valence-corrected chi connectivity index (χ1v) is 6.31. The summed E-state index contributed by atoms with van der Waals surface area (Å²) in [5, 5.41) is 0. The Labute approximate surface area is 103 Å². The van der Waals surface area contributed by atoms with Crippen molar-refractivity contribution in [3.63, 3.8) is 0 Å². The molecule has 2 nitrogen and oxygen atoms in total. The molecule has 0 aliphatic rings. The summed E-state index contributed by atoms with van der Waals surface area (Å²) >= 11 is 0. The third kappa shape index (κ3) is 4.51. The highest BCUT2D eigenvalue weighted by molar-refractivity contribution is 6.07. The van der Waals surface area contributed by atoms with E-state index >= 15 is 0 Å². The number of hydrogen-bond donors (Lipinski definition) is 0. The molecule has 0 aliphatic heterocycles. The fourth-order valence-corrected chi connectivity index (χ4v) is 1.79. The van der Waals surface area contributed by atoms with Crippen molar-refractivity contribution in [1.82, 2.24) is 0 Å². The standard InChI is InChI=1S/C15H20O2/c1-3-5-12-7-9-13(10-8-12)15(17)11-14(16)6-4-2/h7-10H,3-6,11H2,1-2H3. The van der Waals surface area contributed by atoms with E-state index in [0.717, 1.165) is 19.3 Å². The second-order valence-electron chi connectivity index (χ2n) is 4.34. The maximum absolute atomic E-state index is 11.8. The van der Waals surface area contributed by atoms with Crippen molar-refractivity contribution < 1.29 is 9.59 Å². The molecule has 0 saturated heterocycles. The van der Waals surface area contributed by atoms with Crippen molar-refractivity contribution in [3.05, 3.63) is 35.4 Å². The first kappa shape index (κ1) is 13.6. The first-order valence-electron chi connectivity index (χ1n) is 6.31. The summed E-state index contributed by atoms with van der Waals surface area (Å²) in [6, 6.07) is 7.60. The van der Waals surface area contributed by atoms with Crippen LogP contribution in [0.4, 0.5) is 0 Å². The van der Waals surface area contributed by atoms with Crippen molar-refractivity contribution in [3.8, 4) is 0 Å². The molecule has 0 spiro atoms. The van der Waals surface area contributed by atoms with Gasteiger partial charge in [0, 0.05) is 12.0 Å². The maximum atomic E-state index is 11.8. The van der Waals surface area contributed by atoms with Gasteiger partial charge < -0.3 is 0 Å². The molecule has 0 amide bonds. The van der Waals surface area contributed by atoms with Crippen LogP contribution in [0.5, 0.6) is 0 Å². The van der Waals surface area contributed by atoms with E-state index in [9.17, 15) is 9.59 Å². The molecule has 1 rings (SSSR count). The van der Waals surface area contributed by atoms with Crippen LogP contribution in [0.1, 0.15) is 55.5 Å². The number of aryl methyl sites for hydroxylation is 1. The Morgan fingerprint density at radius 1 is 1.00 bits per heavy atom. The van der Waals surface area contributed by atoms with E-state index in [-0.39, 0.29) is 18.0 Å². The van der Waals surface area contributed by atoms with Gasteiger partial charge in [0.25, 0.3) is 0 Å². The van der Waals surface area contributed by atoms with E-state index < -0.39 is 0 Å². The molecule has 0 bridgehead atoms. The predicted octanol–water partition coefficient (Wildman–Crippen LogP) is 3.58. The van der Waals surface area contributed by atoms with Crippen LogP contribution in [-0.4, -0.2) is 11.6 Å². The Hall–Kier alpha value is -1.44. The molecule has 0 atom stereocenters. The molecule has 0 N–H and O–H groups in total. The van der Waals surface area contributed by atoms with Crippen molar-refractivity contribution >= 4 is 11.6 Å². The summed E-state index contributed by atoms with van der Waals surface area (Å²) < 4.78 is 0. The summed E-state index contributed by atoms with van der Waals surface area (Å²) in [7, 11) is 0. The third-order valence-corrected chi connectivity index (χ3v) is 2.70. The number of rotatable bonds is 7. The molecule has 17 heavy (non-hydrogen) atoms. The highest BCUT2D eigenvalue weighted by atomic mass is 16.1. The quantitative estimate of drug-likeness (QED) is 0.532. The summed E-state index contributed by atoms with van der Waals surface area (Å²) in [6.45, 7) is 4.07. The fourth-order valence-electron chi connectivity index (χ4n) is 1.79. The van der Waals surface area contributed by atoms with E-state index in [1.165, 1.54) is 5.56 Å². The molecular formula is C15H20O2. The molecule has 2 heteroatoms. The summed E-state index contributed by atoms with van der Waals surface area (Å²) in [4.78, 5) is 23.2. The number of ketones is 2. The van der Waals surface area contributed by atoms with Gasteiger partial charge >= 0.3 is 0 Å². The monoisotopic (exact) mass is 232 g/mol. The first-order chi connectivity index (χ1) is 8.17. The predicted molar refractivity (Wildman–Crippen MR) is 69.3 cm³/mol. The zero-order valence-corrected chi connectivity index (χ0v) is 10.7. The van der Waals surface area contributed by atoms with Gasteiger partial charge in [0.1, 0.15) is 5.78 Å². The Morgan fingerprint density at radius 3 is 2.18 bits per heavy atom. The molecule has 0 aromatic heterocycles. The topological polar surface area (TPSA) is 34.1 Å². The number of carbonyl (C=O) groups excluding carboxylic acids is 2. The van der Waals surface area contributed by atoms with Crippen molar-refractivity contribution in [2.45, 2.75) is 46.0 Å². The number of Topliss-reactive ketones (excluding diaryl/α,β-unsaturated/α-hetero) is 2. The van der Waals surface area contributed by atoms with Gasteiger partial charge in [-0.2, -0.15) is 0 Å². The van der Waals surface area contributed by atoms with Crippen LogP contribution in [0.25, 0.3) is 0 Å². The lowest BCUT2D eigenvalue weighted by Gasteiger charge is -2.02. The maximum Gasteiger partial charge on any atom is 0.170 e. The van der Waals surface area contributed by atoms with Gasteiger partial charge in [-0.3, -0.25) is 9.59 Å². The lowest BCUT2D eigenvalue weighted by molar-refractivity contribution is -0.118. The van der Waals surface area contributed by atoms with Gasteiger partial charge in [-0.05, 0) is 18.4 Å². The lowest BCUT2D eigenvalue weighted by Crippen LogP contribution is -2.07. The number of carbonyl (C=O) groups is 2. The minimum absolute atomic E-state index is 0.0372. The van der Waals surface area contributed by atoms with Crippen molar-refractivity contribution in [1.29, 1.82) is 0 Å². The second-order valence-corrected chi connectivity index (χ2v) is 4.34. The van der Waals surface area contributed by atoms with E-state index in [1.54, 1.807) is 0 Å². The van der Waals surface area contributed by atoms with Gasteiger partial charge in [-0.15, -0.1) is 0 Å². The summed E-state index contributed by atoms with van der Waals surface area (Å²) in [6.07, 6.45) is 3.48. The molecule has 0 saturated carbocycles. The SMILES string of the molecule is CCCC(=O)CC(=O)c1ccc(CCC)cc1. The van der Waals surface area contributed by atoms with Crippen LogP contribution in [0.2, 0.25) is 0 Å². The van der Waals surface area contributed by atoms with Crippen LogP contribution in [0.3, 0.4) is 0 Å². The Balaban J connectivity index is 2.60. The number of benzene rings is 1. The van der Waals surface area contributed by atoms with Gasteiger partial charge in [0.05, 0.1) is 6.42 Å². The second kappa shape index (κ2) is 7.00. The van der Waals surface area contributed by atoms with Crippen LogP contribution in [0.15, 0.2) is 24.3 Å². The molecule has 0 unspecified atom stereocenters. The molecule has 0 fully saturated rings. The molecule has 1 aromatic rings. The van der Waals surface area contributed by atoms with Crippen LogP contribution < -0.4 is 0 Å². The Morgan fingerprint density at radius 2 is 1.65 bits per heavy atom. The van der Waals surface area contributed by atoms with Gasteiger partial charge in [0.2, 0.25) is 0 Å². The van der Waals surface area contributed by atoms with Crippen LogP contribution in [-0.2, 0) is 11.2 Å².